The Morgan fingerprint density at radius 1 is 1.33 bits per heavy atom. The summed E-state index contributed by atoms with van der Waals surface area (Å²) >= 11 is 0. The first kappa shape index (κ1) is 14.8. The molecule has 2 aromatic rings. The number of hydrogen-bond acceptors (Lipinski definition) is 4. The van der Waals surface area contributed by atoms with Crippen molar-refractivity contribution >= 4 is 11.9 Å². The van der Waals surface area contributed by atoms with Crippen molar-refractivity contribution in [3.05, 3.63) is 42.2 Å². The number of aromatic nitrogens is 1. The van der Waals surface area contributed by atoms with Crippen LogP contribution in [-0.2, 0) is 4.79 Å². The van der Waals surface area contributed by atoms with E-state index >= 15 is 0 Å². The van der Waals surface area contributed by atoms with Gasteiger partial charge in [0.15, 0.2) is 0 Å². The van der Waals surface area contributed by atoms with Crippen molar-refractivity contribution in [2.75, 3.05) is 6.54 Å². The van der Waals surface area contributed by atoms with Gasteiger partial charge in [0, 0.05) is 24.6 Å². The molecule has 6 nitrogen and oxygen atoms in total. The molecule has 0 fully saturated rings. The minimum Gasteiger partial charge on any atom is -0.481 e. The van der Waals surface area contributed by atoms with E-state index in [0.717, 1.165) is 5.56 Å². The van der Waals surface area contributed by atoms with E-state index in [1.54, 1.807) is 13.0 Å². The highest BCUT2D eigenvalue weighted by Gasteiger charge is 2.15. The number of benzene rings is 1. The predicted molar refractivity (Wildman–Crippen MR) is 75.7 cm³/mol. The zero-order chi connectivity index (χ0) is 15.2. The molecule has 1 aromatic heterocycles. The SMILES string of the molecule is CC(CNC(=O)c1cc(-c2ccccc2)no1)CC(=O)O. The molecule has 0 aliphatic rings. The van der Waals surface area contributed by atoms with Crippen molar-refractivity contribution in [3.8, 4) is 11.3 Å². The van der Waals surface area contributed by atoms with Crippen LogP contribution in [0.3, 0.4) is 0 Å². The molecule has 1 heterocycles. The molecule has 0 bridgehead atoms. The van der Waals surface area contributed by atoms with Gasteiger partial charge in [0.2, 0.25) is 5.76 Å². The number of carbonyl (C=O) groups excluding carboxylic acids is 1. The lowest BCUT2D eigenvalue weighted by atomic mass is 10.1. The molecule has 21 heavy (non-hydrogen) atoms. The van der Waals surface area contributed by atoms with Crippen molar-refractivity contribution in [2.45, 2.75) is 13.3 Å². The fraction of sp³-hybridized carbons (Fsp3) is 0.267. The summed E-state index contributed by atoms with van der Waals surface area (Å²) in [6, 6.07) is 10.9. The number of aliphatic carboxylic acids is 1. The third-order valence-electron chi connectivity index (χ3n) is 2.94. The highest BCUT2D eigenvalue weighted by Crippen LogP contribution is 2.18. The quantitative estimate of drug-likeness (QED) is 0.850. The average Bonchev–Trinajstić information content (AvgIpc) is 2.95. The molecular formula is C15H16N2O4. The highest BCUT2D eigenvalue weighted by atomic mass is 16.5. The number of nitrogens with one attached hydrogen (secondary N) is 1. The van der Waals surface area contributed by atoms with Crippen molar-refractivity contribution in [3.63, 3.8) is 0 Å². The van der Waals surface area contributed by atoms with Gasteiger partial charge in [-0.1, -0.05) is 42.4 Å². The van der Waals surface area contributed by atoms with Gasteiger partial charge in [-0.15, -0.1) is 0 Å². The van der Waals surface area contributed by atoms with E-state index in [1.807, 2.05) is 30.3 Å². The Morgan fingerprint density at radius 3 is 2.71 bits per heavy atom. The second-order valence-corrected chi connectivity index (χ2v) is 4.86. The lowest BCUT2D eigenvalue weighted by Gasteiger charge is -2.08. The van der Waals surface area contributed by atoms with Crippen LogP contribution in [0.15, 0.2) is 40.9 Å². The first-order valence-corrected chi connectivity index (χ1v) is 6.58. The van der Waals surface area contributed by atoms with Crippen LogP contribution in [-0.4, -0.2) is 28.7 Å². The maximum Gasteiger partial charge on any atom is 0.303 e. The van der Waals surface area contributed by atoms with Crippen LogP contribution in [0, 0.1) is 5.92 Å². The Balaban J connectivity index is 1.95. The lowest BCUT2D eigenvalue weighted by Crippen LogP contribution is -2.28. The number of carbonyl (C=O) groups is 2. The van der Waals surface area contributed by atoms with Gasteiger partial charge in [-0.25, -0.2) is 0 Å². The summed E-state index contributed by atoms with van der Waals surface area (Å²) < 4.78 is 5.02. The van der Waals surface area contributed by atoms with E-state index in [9.17, 15) is 9.59 Å². The maximum absolute atomic E-state index is 11.9. The van der Waals surface area contributed by atoms with E-state index < -0.39 is 11.9 Å². The van der Waals surface area contributed by atoms with Gasteiger partial charge >= 0.3 is 5.97 Å². The Morgan fingerprint density at radius 2 is 2.05 bits per heavy atom. The largest absolute Gasteiger partial charge is 0.481 e. The monoisotopic (exact) mass is 288 g/mol. The van der Waals surface area contributed by atoms with E-state index in [0.29, 0.717) is 5.69 Å². The fourth-order valence-electron chi connectivity index (χ4n) is 1.85. The molecule has 1 amide bonds. The number of rotatable bonds is 6. The Bertz CT molecular complexity index is 622. The summed E-state index contributed by atoms with van der Waals surface area (Å²) in [5.74, 6) is -1.33. The topological polar surface area (TPSA) is 92.4 Å². The Labute approximate surface area is 121 Å². The van der Waals surface area contributed by atoms with E-state index in [-0.39, 0.29) is 24.6 Å². The summed E-state index contributed by atoms with van der Waals surface area (Å²) in [5.41, 5.74) is 1.44. The van der Waals surface area contributed by atoms with Crippen LogP contribution in [0.5, 0.6) is 0 Å². The number of carboxylic acid groups (broad SMARTS) is 1. The molecule has 1 unspecified atom stereocenters. The van der Waals surface area contributed by atoms with Gasteiger partial charge in [0.1, 0.15) is 5.69 Å². The standard InChI is InChI=1S/C15H16N2O4/c1-10(7-14(18)19)9-16-15(20)13-8-12(17-21-13)11-5-3-2-4-6-11/h2-6,8,10H,7,9H2,1H3,(H,16,20)(H,18,19). The lowest BCUT2D eigenvalue weighted by molar-refractivity contribution is -0.137. The van der Waals surface area contributed by atoms with Gasteiger partial charge < -0.3 is 14.9 Å². The normalized spacial score (nSPS) is 11.9. The molecule has 0 spiro atoms. The zero-order valence-corrected chi connectivity index (χ0v) is 11.6. The Hall–Kier alpha value is -2.63. The summed E-state index contributed by atoms with van der Waals surface area (Å²) in [4.78, 5) is 22.4. The molecule has 110 valence electrons. The van der Waals surface area contributed by atoms with Crippen LogP contribution in [0.1, 0.15) is 23.9 Å². The van der Waals surface area contributed by atoms with Crippen molar-refractivity contribution in [1.29, 1.82) is 0 Å². The van der Waals surface area contributed by atoms with Crippen molar-refractivity contribution in [2.24, 2.45) is 5.92 Å². The smallest absolute Gasteiger partial charge is 0.303 e. The molecule has 0 aliphatic carbocycles. The summed E-state index contributed by atoms with van der Waals surface area (Å²) in [5, 5.41) is 15.1. The molecule has 2 N–H and O–H groups in total. The number of carboxylic acids is 1. The zero-order valence-electron chi connectivity index (χ0n) is 11.6. The van der Waals surface area contributed by atoms with E-state index in [4.69, 9.17) is 9.63 Å². The average molecular weight is 288 g/mol. The second-order valence-electron chi connectivity index (χ2n) is 4.86. The van der Waals surface area contributed by atoms with Gasteiger partial charge in [-0.2, -0.15) is 0 Å². The van der Waals surface area contributed by atoms with Crippen LogP contribution in [0.25, 0.3) is 11.3 Å². The Kier molecular flexibility index (Phi) is 4.71. The molecule has 1 aromatic carbocycles. The van der Waals surface area contributed by atoms with Gasteiger partial charge in [-0.05, 0) is 5.92 Å². The third kappa shape index (κ3) is 4.17. The minimum absolute atomic E-state index is 0.00590. The van der Waals surface area contributed by atoms with Crippen LogP contribution < -0.4 is 5.32 Å². The van der Waals surface area contributed by atoms with Crippen LogP contribution in [0.2, 0.25) is 0 Å². The predicted octanol–water partition coefficient (Wildman–Crippen LogP) is 2.18. The molecular weight excluding hydrogens is 272 g/mol. The summed E-state index contributed by atoms with van der Waals surface area (Å²) in [6.45, 7) is 2.02. The maximum atomic E-state index is 11.9. The summed E-state index contributed by atoms with van der Waals surface area (Å²) in [7, 11) is 0. The molecule has 2 rings (SSSR count). The second kappa shape index (κ2) is 6.69. The first-order chi connectivity index (χ1) is 10.1. The van der Waals surface area contributed by atoms with Crippen LogP contribution in [0.4, 0.5) is 0 Å². The minimum atomic E-state index is -0.886. The number of hydrogen-bond donors (Lipinski definition) is 2. The molecule has 0 saturated heterocycles. The van der Waals surface area contributed by atoms with Gasteiger partial charge in [0.25, 0.3) is 5.91 Å². The van der Waals surface area contributed by atoms with E-state index in [1.165, 1.54) is 0 Å². The molecule has 0 saturated carbocycles. The van der Waals surface area contributed by atoms with E-state index in [2.05, 4.69) is 10.5 Å². The fourth-order valence-corrected chi connectivity index (χ4v) is 1.85. The molecule has 6 heteroatoms. The molecule has 0 radical (unpaired) electrons. The molecule has 0 aliphatic heterocycles. The van der Waals surface area contributed by atoms with Gasteiger partial charge in [-0.3, -0.25) is 9.59 Å². The van der Waals surface area contributed by atoms with Crippen molar-refractivity contribution < 1.29 is 19.2 Å². The number of amides is 1. The van der Waals surface area contributed by atoms with Gasteiger partial charge in [0.05, 0.1) is 0 Å². The third-order valence-corrected chi connectivity index (χ3v) is 2.94. The molecule has 1 atom stereocenters. The highest BCUT2D eigenvalue weighted by molar-refractivity contribution is 5.92. The number of nitrogens with zero attached hydrogens (tertiary/aromatic N) is 1. The van der Waals surface area contributed by atoms with Crippen LogP contribution >= 0.6 is 0 Å². The first-order valence-electron chi connectivity index (χ1n) is 6.58. The summed E-state index contributed by atoms with van der Waals surface area (Å²) in [6.07, 6.45) is 0.00590. The van der Waals surface area contributed by atoms with Crippen molar-refractivity contribution in [1.82, 2.24) is 10.5 Å².